The van der Waals surface area contributed by atoms with Gasteiger partial charge in [-0.3, -0.25) is 4.79 Å². The Kier molecular flexibility index (Phi) is 5.02. The predicted molar refractivity (Wildman–Crippen MR) is 85.7 cm³/mol. The van der Waals surface area contributed by atoms with Crippen LogP contribution in [-0.4, -0.2) is 10.9 Å². The first-order chi connectivity index (χ1) is 10.2. The van der Waals surface area contributed by atoms with Crippen LogP contribution in [0.3, 0.4) is 0 Å². The van der Waals surface area contributed by atoms with Gasteiger partial charge in [0.05, 0.1) is 11.3 Å². The molecular formula is C16H13N3OS. The van der Waals surface area contributed by atoms with Gasteiger partial charge in [-0.25, -0.2) is 0 Å². The second-order valence-corrected chi connectivity index (χ2v) is 4.69. The van der Waals surface area contributed by atoms with E-state index in [9.17, 15) is 4.79 Å². The third kappa shape index (κ3) is 4.13. The average molecular weight is 295 g/mol. The zero-order valence-corrected chi connectivity index (χ0v) is 12.0. The smallest absolute Gasteiger partial charge is 0.283 e. The van der Waals surface area contributed by atoms with Crippen molar-refractivity contribution in [2.45, 2.75) is 6.54 Å². The molecule has 2 rings (SSSR count). The molecule has 0 saturated heterocycles. The number of benzene rings is 2. The third-order valence-electron chi connectivity index (χ3n) is 2.80. The fourth-order valence-corrected chi connectivity index (χ4v) is 1.85. The van der Waals surface area contributed by atoms with Crippen LogP contribution in [0.1, 0.15) is 11.1 Å². The fourth-order valence-electron chi connectivity index (χ4n) is 1.73. The molecule has 2 aromatic carbocycles. The van der Waals surface area contributed by atoms with Gasteiger partial charge in [0.25, 0.3) is 5.91 Å². The van der Waals surface area contributed by atoms with Gasteiger partial charge in [-0.1, -0.05) is 54.7 Å². The Balaban J connectivity index is 1.94. The SMILES string of the molecule is N#Cc1ccccc1NC(=O)C(=S)NCc1ccccc1. The van der Waals surface area contributed by atoms with Crippen LogP contribution < -0.4 is 10.6 Å². The van der Waals surface area contributed by atoms with Gasteiger partial charge in [-0.15, -0.1) is 0 Å². The van der Waals surface area contributed by atoms with Crippen LogP contribution in [-0.2, 0) is 11.3 Å². The molecule has 0 aromatic heterocycles. The first-order valence-corrected chi connectivity index (χ1v) is 6.74. The van der Waals surface area contributed by atoms with Gasteiger partial charge in [-0.05, 0) is 17.7 Å². The summed E-state index contributed by atoms with van der Waals surface area (Å²) in [5, 5.41) is 14.5. The average Bonchev–Trinajstić information content (AvgIpc) is 2.54. The maximum absolute atomic E-state index is 12.0. The van der Waals surface area contributed by atoms with Gasteiger partial charge < -0.3 is 10.6 Å². The van der Waals surface area contributed by atoms with E-state index in [1.54, 1.807) is 24.3 Å². The summed E-state index contributed by atoms with van der Waals surface area (Å²) in [5.74, 6) is -0.427. The molecule has 0 unspecified atom stereocenters. The first kappa shape index (κ1) is 14.7. The van der Waals surface area contributed by atoms with Crippen molar-refractivity contribution in [1.29, 1.82) is 5.26 Å². The summed E-state index contributed by atoms with van der Waals surface area (Å²) < 4.78 is 0. The molecule has 21 heavy (non-hydrogen) atoms. The van der Waals surface area contributed by atoms with Crippen molar-refractivity contribution in [2.24, 2.45) is 0 Å². The molecule has 104 valence electrons. The Morgan fingerprint density at radius 1 is 1.10 bits per heavy atom. The molecule has 2 aromatic rings. The van der Waals surface area contributed by atoms with Crippen LogP contribution in [0.4, 0.5) is 5.69 Å². The molecule has 0 fully saturated rings. The molecule has 0 aliphatic rings. The number of carbonyl (C=O) groups excluding carboxylic acids is 1. The number of nitrogens with one attached hydrogen (secondary N) is 2. The number of rotatable bonds is 3. The highest BCUT2D eigenvalue weighted by Gasteiger charge is 2.11. The number of anilines is 1. The summed E-state index contributed by atoms with van der Waals surface area (Å²) >= 11 is 5.05. The minimum Gasteiger partial charge on any atom is -0.368 e. The molecular weight excluding hydrogens is 282 g/mol. The zero-order valence-electron chi connectivity index (χ0n) is 11.2. The first-order valence-electron chi connectivity index (χ1n) is 6.33. The van der Waals surface area contributed by atoms with Crippen molar-refractivity contribution < 1.29 is 4.79 Å². The highest BCUT2D eigenvalue weighted by Crippen LogP contribution is 2.13. The van der Waals surface area contributed by atoms with Gasteiger partial charge in [-0.2, -0.15) is 5.26 Å². The Morgan fingerprint density at radius 2 is 1.76 bits per heavy atom. The molecule has 0 spiro atoms. The number of nitriles is 1. The monoisotopic (exact) mass is 295 g/mol. The lowest BCUT2D eigenvalue weighted by Gasteiger charge is -2.09. The minimum absolute atomic E-state index is 0.0894. The normalized spacial score (nSPS) is 9.48. The molecule has 0 aliphatic carbocycles. The maximum atomic E-state index is 12.0. The number of carbonyl (C=O) groups is 1. The summed E-state index contributed by atoms with van der Waals surface area (Å²) in [6, 6.07) is 18.5. The van der Waals surface area contributed by atoms with Crippen molar-refractivity contribution in [2.75, 3.05) is 5.32 Å². The van der Waals surface area contributed by atoms with Crippen LogP contribution in [0.5, 0.6) is 0 Å². The summed E-state index contributed by atoms with van der Waals surface area (Å²) in [6.07, 6.45) is 0. The zero-order chi connectivity index (χ0) is 15.1. The standard InChI is InChI=1S/C16H13N3OS/c17-10-13-8-4-5-9-14(13)19-15(20)16(21)18-11-12-6-2-1-3-7-12/h1-9H,11H2,(H,18,21)(H,19,20). The lowest BCUT2D eigenvalue weighted by Crippen LogP contribution is -2.33. The van der Waals surface area contributed by atoms with E-state index >= 15 is 0 Å². The molecule has 0 saturated carbocycles. The second-order valence-electron chi connectivity index (χ2n) is 4.28. The van der Waals surface area contributed by atoms with E-state index in [4.69, 9.17) is 17.5 Å². The van der Waals surface area contributed by atoms with Crippen LogP contribution in [0.25, 0.3) is 0 Å². The van der Waals surface area contributed by atoms with E-state index in [1.807, 2.05) is 36.4 Å². The molecule has 0 radical (unpaired) electrons. The lowest BCUT2D eigenvalue weighted by molar-refractivity contribution is -0.110. The van der Waals surface area contributed by atoms with Gasteiger partial charge in [0.15, 0.2) is 4.99 Å². The lowest BCUT2D eigenvalue weighted by atomic mass is 10.2. The Labute approximate surface area is 128 Å². The van der Waals surface area contributed by atoms with E-state index in [2.05, 4.69) is 10.6 Å². The topological polar surface area (TPSA) is 64.9 Å². The van der Waals surface area contributed by atoms with E-state index in [1.165, 1.54) is 0 Å². The second kappa shape index (κ2) is 7.17. The minimum atomic E-state index is -0.427. The van der Waals surface area contributed by atoms with Crippen LogP contribution >= 0.6 is 12.2 Å². The van der Waals surface area contributed by atoms with E-state index in [-0.39, 0.29) is 4.99 Å². The molecule has 0 bridgehead atoms. The van der Waals surface area contributed by atoms with E-state index in [0.717, 1.165) is 5.56 Å². The number of hydrogen-bond acceptors (Lipinski definition) is 3. The van der Waals surface area contributed by atoms with Gasteiger partial charge in [0.2, 0.25) is 0 Å². The highest BCUT2D eigenvalue weighted by atomic mass is 32.1. The maximum Gasteiger partial charge on any atom is 0.283 e. The number of nitrogens with zero attached hydrogens (tertiary/aromatic N) is 1. The van der Waals surface area contributed by atoms with Crippen molar-refractivity contribution in [3.63, 3.8) is 0 Å². The molecule has 4 nitrogen and oxygen atoms in total. The van der Waals surface area contributed by atoms with Crippen molar-refractivity contribution in [3.8, 4) is 6.07 Å². The molecule has 0 heterocycles. The molecule has 2 N–H and O–H groups in total. The number of thiocarbonyl (C=S) groups is 1. The van der Waals surface area contributed by atoms with Crippen molar-refractivity contribution >= 4 is 28.8 Å². The Bertz CT molecular complexity index is 692. The van der Waals surface area contributed by atoms with Gasteiger partial charge in [0.1, 0.15) is 6.07 Å². The van der Waals surface area contributed by atoms with Gasteiger partial charge >= 0.3 is 0 Å². The van der Waals surface area contributed by atoms with Gasteiger partial charge in [0, 0.05) is 6.54 Å². The Hall–Kier alpha value is -2.71. The van der Waals surface area contributed by atoms with E-state index < -0.39 is 5.91 Å². The molecule has 0 atom stereocenters. The van der Waals surface area contributed by atoms with Crippen LogP contribution in [0, 0.1) is 11.3 Å². The quantitative estimate of drug-likeness (QED) is 0.854. The third-order valence-corrected chi connectivity index (χ3v) is 3.13. The Morgan fingerprint density at radius 3 is 2.48 bits per heavy atom. The largest absolute Gasteiger partial charge is 0.368 e. The summed E-state index contributed by atoms with van der Waals surface area (Å²) in [4.78, 5) is 12.1. The molecule has 0 aliphatic heterocycles. The fraction of sp³-hybridized carbons (Fsp3) is 0.0625. The molecule has 1 amide bonds. The van der Waals surface area contributed by atoms with Crippen molar-refractivity contribution in [1.82, 2.24) is 5.32 Å². The summed E-state index contributed by atoms with van der Waals surface area (Å²) in [6.45, 7) is 0.479. The summed E-state index contributed by atoms with van der Waals surface area (Å²) in [5.41, 5.74) is 1.88. The number of amides is 1. The predicted octanol–water partition coefficient (Wildman–Crippen LogP) is 2.61. The number of hydrogen-bond donors (Lipinski definition) is 2. The number of para-hydroxylation sites is 1. The van der Waals surface area contributed by atoms with E-state index in [0.29, 0.717) is 17.8 Å². The highest BCUT2D eigenvalue weighted by molar-refractivity contribution is 7.82. The summed E-state index contributed by atoms with van der Waals surface area (Å²) in [7, 11) is 0. The van der Waals surface area contributed by atoms with Crippen molar-refractivity contribution in [3.05, 3.63) is 65.7 Å². The van der Waals surface area contributed by atoms with Crippen LogP contribution in [0.15, 0.2) is 54.6 Å². The van der Waals surface area contributed by atoms with Crippen LogP contribution in [0.2, 0.25) is 0 Å². The molecule has 5 heteroatoms.